The van der Waals surface area contributed by atoms with E-state index >= 15 is 0 Å². The van der Waals surface area contributed by atoms with Gasteiger partial charge >= 0.3 is 0 Å². The molecule has 0 aliphatic carbocycles. The fourth-order valence-corrected chi connectivity index (χ4v) is 16.8. The minimum absolute atomic E-state index is 1.17. The number of aromatic nitrogens is 2. The van der Waals surface area contributed by atoms with E-state index in [9.17, 15) is 0 Å². The molecule has 0 saturated carbocycles. The predicted octanol–water partition coefficient (Wildman–Crippen LogP) is 11.9. The monoisotopic (exact) mass is 804 g/mol. The maximum absolute atomic E-state index is 2.78. The molecule has 2 aromatic heterocycles. The number of fused-ring (bicyclic) bond motifs is 9. The van der Waals surface area contributed by atoms with Crippen LogP contribution in [0.2, 0.25) is 0 Å². The smallest absolute Gasteiger partial charge is 0.179 e. The Morgan fingerprint density at radius 3 is 1.54 bits per heavy atom. The Hall–Kier alpha value is -6.50. The third kappa shape index (κ3) is 5.22. The Balaban J connectivity index is 1.17. The van der Waals surface area contributed by atoms with E-state index in [1.807, 2.05) is 23.5 Å². The van der Waals surface area contributed by atoms with Crippen LogP contribution in [0.3, 0.4) is 0 Å². The Morgan fingerprint density at radius 2 is 0.864 bits per heavy atom. The minimum Gasteiger partial charge on any atom is -0.309 e. The van der Waals surface area contributed by atoms with E-state index in [1.165, 1.54) is 95.3 Å². The van der Waals surface area contributed by atoms with Crippen LogP contribution in [0.1, 0.15) is 0 Å². The topological polar surface area (TPSA) is 9.86 Å². The molecule has 5 heteroatoms. The molecule has 0 N–H and O–H groups in total. The molecule has 2 nitrogen and oxygen atoms in total. The summed E-state index contributed by atoms with van der Waals surface area (Å²) in [7, 11) is -2.78. The third-order valence-electron chi connectivity index (χ3n) is 12.1. The van der Waals surface area contributed by atoms with Crippen LogP contribution >= 0.6 is 23.5 Å². The molecule has 59 heavy (non-hydrogen) atoms. The van der Waals surface area contributed by atoms with Crippen molar-refractivity contribution in [1.29, 1.82) is 0 Å². The van der Waals surface area contributed by atoms with Gasteiger partial charge in [-0.15, -0.1) is 0 Å². The molecule has 0 fully saturated rings. The van der Waals surface area contributed by atoms with Gasteiger partial charge in [0.25, 0.3) is 0 Å². The van der Waals surface area contributed by atoms with Gasteiger partial charge in [-0.2, -0.15) is 0 Å². The molecule has 11 aromatic rings. The summed E-state index contributed by atoms with van der Waals surface area (Å²) in [5, 5.41) is 10.5. The van der Waals surface area contributed by atoms with Crippen molar-refractivity contribution in [2.45, 2.75) is 19.6 Å². The number of benzene rings is 9. The first-order valence-electron chi connectivity index (χ1n) is 20.1. The van der Waals surface area contributed by atoms with Crippen molar-refractivity contribution in [3.63, 3.8) is 0 Å². The zero-order valence-electron chi connectivity index (χ0n) is 32.0. The Bertz CT molecular complexity index is 3290. The summed E-state index contributed by atoms with van der Waals surface area (Å²) in [4.78, 5) is 5.22. The number of hydrogen-bond donors (Lipinski definition) is 0. The van der Waals surface area contributed by atoms with Crippen LogP contribution in [0.4, 0.5) is 0 Å². The second-order valence-corrected chi connectivity index (χ2v) is 21.2. The lowest BCUT2D eigenvalue weighted by atomic mass is 10.1. The molecule has 0 amide bonds. The average molecular weight is 805 g/mol. The minimum atomic E-state index is -2.78. The number of nitrogens with zero attached hydrogens (tertiary/aromatic N) is 2. The summed E-state index contributed by atoms with van der Waals surface area (Å²) in [6.45, 7) is 0. The molecule has 0 unspecified atom stereocenters. The highest BCUT2D eigenvalue weighted by atomic mass is 32.2. The fourth-order valence-electron chi connectivity index (χ4n) is 9.69. The molecule has 278 valence electrons. The molecule has 0 atom stereocenters. The van der Waals surface area contributed by atoms with Gasteiger partial charge in [-0.3, -0.25) is 0 Å². The summed E-state index contributed by atoms with van der Waals surface area (Å²) < 4.78 is 5.07. The first-order chi connectivity index (χ1) is 29.3. The highest BCUT2D eigenvalue weighted by Crippen LogP contribution is 2.52. The molecular formula is C54H36N2S2Si. The van der Waals surface area contributed by atoms with Gasteiger partial charge in [0.2, 0.25) is 0 Å². The van der Waals surface area contributed by atoms with E-state index in [0.717, 1.165) is 0 Å². The van der Waals surface area contributed by atoms with E-state index in [4.69, 9.17) is 0 Å². The molecule has 0 saturated heterocycles. The van der Waals surface area contributed by atoms with Crippen LogP contribution < -0.4 is 20.7 Å². The van der Waals surface area contributed by atoms with Crippen molar-refractivity contribution in [2.75, 3.05) is 0 Å². The van der Waals surface area contributed by atoms with Crippen LogP contribution in [-0.2, 0) is 0 Å². The number of para-hydroxylation sites is 2. The molecule has 1 aliphatic rings. The van der Waals surface area contributed by atoms with Gasteiger partial charge in [0.1, 0.15) is 0 Å². The highest BCUT2D eigenvalue weighted by molar-refractivity contribution is 8.05. The highest BCUT2D eigenvalue weighted by Gasteiger charge is 2.41. The van der Waals surface area contributed by atoms with Crippen molar-refractivity contribution in [3.8, 4) is 11.4 Å². The van der Waals surface area contributed by atoms with Gasteiger partial charge in [-0.1, -0.05) is 187 Å². The van der Waals surface area contributed by atoms with Crippen molar-refractivity contribution in [3.05, 3.63) is 218 Å². The Kier molecular flexibility index (Phi) is 8.08. The summed E-state index contributed by atoms with van der Waals surface area (Å²) >= 11 is 3.76. The zero-order valence-corrected chi connectivity index (χ0v) is 34.6. The van der Waals surface area contributed by atoms with E-state index < -0.39 is 8.07 Å². The third-order valence-corrected chi connectivity index (χ3v) is 19.5. The maximum Gasteiger partial charge on any atom is 0.179 e. The van der Waals surface area contributed by atoms with Crippen LogP contribution in [-0.4, -0.2) is 17.2 Å². The molecule has 12 rings (SSSR count). The van der Waals surface area contributed by atoms with Crippen LogP contribution in [0, 0.1) is 0 Å². The standard InChI is InChI=1S/C54H36N2S2Si/c1-4-19-38(20-5-1)59(39-21-6-2-7-22-39,40-23-8-3-9-24-40)41-25-16-18-37(36-41)55-45-28-12-10-26-42(45)43-34-35-47-52(53(43)55)44-27-11-13-29-46(44)56(47)48-30-17-33-51-54(48)58-50-32-15-14-31-49(50)57-51/h1-36H. The number of rotatable bonds is 6. The molecule has 3 heterocycles. The summed E-state index contributed by atoms with van der Waals surface area (Å²) in [6.07, 6.45) is 0. The lowest BCUT2D eigenvalue weighted by Gasteiger charge is -2.34. The van der Waals surface area contributed by atoms with Crippen LogP contribution in [0.5, 0.6) is 0 Å². The SMILES string of the molecule is c1ccc([Si](c2ccccc2)(c2ccccc2)c2cccc(-n3c4ccccc4c4ccc5c(c6ccccc6n5-c5cccc6c5Sc5ccccc5S6)c43)c2)cc1. The van der Waals surface area contributed by atoms with E-state index in [-0.39, 0.29) is 0 Å². The first-order valence-corrected chi connectivity index (χ1v) is 23.7. The van der Waals surface area contributed by atoms with Gasteiger partial charge < -0.3 is 9.13 Å². The molecule has 9 aromatic carbocycles. The van der Waals surface area contributed by atoms with Gasteiger partial charge in [-0.25, -0.2) is 0 Å². The second-order valence-electron chi connectivity index (χ2n) is 15.2. The first kappa shape index (κ1) is 34.5. The lowest BCUT2D eigenvalue weighted by Crippen LogP contribution is -2.74. The molecule has 0 radical (unpaired) electrons. The van der Waals surface area contributed by atoms with E-state index in [2.05, 4.69) is 228 Å². The maximum atomic E-state index is 2.55. The molecular weight excluding hydrogens is 769 g/mol. The fraction of sp³-hybridized carbons (Fsp3) is 0. The quantitative estimate of drug-likeness (QED) is 0.122. The largest absolute Gasteiger partial charge is 0.309 e. The van der Waals surface area contributed by atoms with E-state index in [1.54, 1.807) is 0 Å². The predicted molar refractivity (Wildman–Crippen MR) is 253 cm³/mol. The van der Waals surface area contributed by atoms with Crippen LogP contribution in [0.15, 0.2) is 238 Å². The summed E-state index contributed by atoms with van der Waals surface area (Å²) in [5.74, 6) is 0. The summed E-state index contributed by atoms with van der Waals surface area (Å²) in [6, 6.07) is 81.4. The van der Waals surface area contributed by atoms with Crippen molar-refractivity contribution < 1.29 is 0 Å². The van der Waals surface area contributed by atoms with Crippen molar-refractivity contribution in [2.24, 2.45) is 0 Å². The van der Waals surface area contributed by atoms with Gasteiger partial charge in [0.15, 0.2) is 8.07 Å². The summed E-state index contributed by atoms with van der Waals surface area (Å²) in [5.41, 5.74) is 7.24. The zero-order chi connectivity index (χ0) is 38.9. The second kappa shape index (κ2) is 13.8. The van der Waals surface area contributed by atoms with Gasteiger partial charge in [0.05, 0.1) is 32.6 Å². The van der Waals surface area contributed by atoms with E-state index in [0.29, 0.717) is 0 Å². The van der Waals surface area contributed by atoms with Crippen LogP contribution in [0.25, 0.3) is 55.0 Å². The Morgan fingerprint density at radius 1 is 0.339 bits per heavy atom. The van der Waals surface area contributed by atoms with Crippen molar-refractivity contribution in [1.82, 2.24) is 9.13 Å². The van der Waals surface area contributed by atoms with Crippen molar-refractivity contribution >= 4 is 96.0 Å². The normalized spacial score (nSPS) is 12.6. The molecule has 1 aliphatic heterocycles. The lowest BCUT2D eigenvalue weighted by molar-refractivity contribution is 1.06. The van der Waals surface area contributed by atoms with Gasteiger partial charge in [0, 0.05) is 41.9 Å². The number of hydrogen-bond acceptors (Lipinski definition) is 2. The molecule has 0 bridgehead atoms. The average Bonchev–Trinajstić information content (AvgIpc) is 3.83. The Labute approximate surface area is 352 Å². The molecule has 0 spiro atoms. The van der Waals surface area contributed by atoms with Gasteiger partial charge in [-0.05, 0) is 75.3 Å².